The van der Waals surface area contributed by atoms with Gasteiger partial charge in [-0.25, -0.2) is 0 Å². The molecule has 1 aromatic rings. The minimum Gasteiger partial charge on any atom is -0.391 e. The smallest absolute Gasteiger partial charge is 0.227 e. The summed E-state index contributed by atoms with van der Waals surface area (Å²) in [7, 11) is 0. The van der Waals surface area contributed by atoms with Crippen LogP contribution >= 0.6 is 0 Å². The fourth-order valence-electron chi connectivity index (χ4n) is 3.64. The number of carbonyl (C=O) groups is 1. The van der Waals surface area contributed by atoms with Crippen molar-refractivity contribution in [2.24, 2.45) is 0 Å². The topological polar surface area (TPSA) is 43.8 Å². The number of aliphatic hydroxyl groups is 1. The van der Waals surface area contributed by atoms with Crippen LogP contribution in [0.4, 0.5) is 0 Å². The van der Waals surface area contributed by atoms with E-state index in [4.69, 9.17) is 0 Å². The summed E-state index contributed by atoms with van der Waals surface area (Å²) in [6, 6.07) is 8.51. The molecule has 2 fully saturated rings. The average molecular weight is 302 g/mol. The number of piperazine rings is 1. The van der Waals surface area contributed by atoms with E-state index >= 15 is 0 Å². The van der Waals surface area contributed by atoms with Gasteiger partial charge in [0.1, 0.15) is 0 Å². The van der Waals surface area contributed by atoms with Crippen LogP contribution in [0.3, 0.4) is 0 Å². The highest BCUT2D eigenvalue weighted by molar-refractivity contribution is 5.78. The number of hydrogen-bond acceptors (Lipinski definition) is 3. The molecule has 0 bridgehead atoms. The van der Waals surface area contributed by atoms with Gasteiger partial charge < -0.3 is 10.0 Å². The first kappa shape index (κ1) is 15.5. The summed E-state index contributed by atoms with van der Waals surface area (Å²) < 4.78 is 0. The molecular formula is C18H26N2O2. The van der Waals surface area contributed by atoms with E-state index in [-0.39, 0.29) is 12.0 Å². The molecule has 0 aromatic heterocycles. The van der Waals surface area contributed by atoms with E-state index in [9.17, 15) is 9.90 Å². The predicted octanol–water partition coefficient (Wildman–Crippen LogP) is 1.60. The number of carbonyl (C=O) groups excluding carboxylic acids is 1. The molecule has 1 N–H and O–H groups in total. The molecule has 120 valence electrons. The molecule has 1 heterocycles. The molecule has 0 unspecified atom stereocenters. The maximum absolute atomic E-state index is 12.4. The minimum atomic E-state index is -0.171. The van der Waals surface area contributed by atoms with Crippen molar-refractivity contribution < 1.29 is 9.90 Å². The Kier molecular flexibility index (Phi) is 4.79. The third kappa shape index (κ3) is 3.50. The van der Waals surface area contributed by atoms with Crippen LogP contribution in [0.5, 0.6) is 0 Å². The molecule has 1 aliphatic carbocycles. The lowest BCUT2D eigenvalue weighted by Crippen LogP contribution is -2.53. The Labute approximate surface area is 132 Å². The van der Waals surface area contributed by atoms with Crippen molar-refractivity contribution in [3.63, 3.8) is 0 Å². The standard InChI is InChI=1S/C18H26N2O2/c1-14-5-7-15(8-6-14)13-18(22)20-11-9-19(10-12-20)16-3-2-4-17(16)21/h5-8,16-17,21H,2-4,9-13H2,1H3/t16-,17-/m1/s1. The van der Waals surface area contributed by atoms with Crippen molar-refractivity contribution in [1.82, 2.24) is 9.80 Å². The Bertz CT molecular complexity index is 506. The van der Waals surface area contributed by atoms with Gasteiger partial charge >= 0.3 is 0 Å². The zero-order valence-corrected chi connectivity index (χ0v) is 13.4. The molecule has 1 aromatic carbocycles. The maximum atomic E-state index is 12.4. The lowest BCUT2D eigenvalue weighted by Gasteiger charge is -2.39. The molecule has 22 heavy (non-hydrogen) atoms. The lowest BCUT2D eigenvalue weighted by molar-refractivity contribution is -0.132. The quantitative estimate of drug-likeness (QED) is 0.922. The summed E-state index contributed by atoms with van der Waals surface area (Å²) in [6.07, 6.45) is 3.47. The number of hydrogen-bond donors (Lipinski definition) is 1. The molecule has 2 aliphatic rings. The number of rotatable bonds is 3. The van der Waals surface area contributed by atoms with Gasteiger partial charge in [-0.05, 0) is 31.7 Å². The van der Waals surface area contributed by atoms with Gasteiger partial charge in [-0.1, -0.05) is 29.8 Å². The van der Waals surface area contributed by atoms with Gasteiger partial charge in [0.05, 0.1) is 12.5 Å². The largest absolute Gasteiger partial charge is 0.391 e. The van der Waals surface area contributed by atoms with E-state index in [0.717, 1.165) is 51.0 Å². The Morgan fingerprint density at radius 3 is 2.41 bits per heavy atom. The fourth-order valence-corrected chi connectivity index (χ4v) is 3.64. The van der Waals surface area contributed by atoms with Gasteiger partial charge in [-0.3, -0.25) is 9.69 Å². The monoisotopic (exact) mass is 302 g/mol. The first-order chi connectivity index (χ1) is 10.6. The van der Waals surface area contributed by atoms with Crippen molar-refractivity contribution in [3.05, 3.63) is 35.4 Å². The first-order valence-electron chi connectivity index (χ1n) is 8.39. The van der Waals surface area contributed by atoms with Crippen molar-refractivity contribution >= 4 is 5.91 Å². The second-order valence-corrected chi connectivity index (χ2v) is 6.64. The first-order valence-corrected chi connectivity index (χ1v) is 8.39. The maximum Gasteiger partial charge on any atom is 0.227 e. The number of nitrogens with zero attached hydrogens (tertiary/aromatic N) is 2. The van der Waals surface area contributed by atoms with Gasteiger partial charge in [-0.15, -0.1) is 0 Å². The SMILES string of the molecule is Cc1ccc(CC(=O)N2CCN([C@@H]3CCC[C@H]3O)CC2)cc1. The summed E-state index contributed by atoms with van der Waals surface area (Å²) in [5.41, 5.74) is 2.31. The van der Waals surface area contributed by atoms with Gasteiger partial charge in [0.2, 0.25) is 5.91 Å². The highest BCUT2D eigenvalue weighted by Gasteiger charge is 2.33. The van der Waals surface area contributed by atoms with Gasteiger partial charge in [-0.2, -0.15) is 0 Å². The van der Waals surface area contributed by atoms with E-state index < -0.39 is 0 Å². The molecule has 0 radical (unpaired) electrons. The summed E-state index contributed by atoms with van der Waals surface area (Å²) in [6.45, 7) is 5.41. The summed E-state index contributed by atoms with van der Waals surface area (Å²) >= 11 is 0. The number of amides is 1. The molecular weight excluding hydrogens is 276 g/mol. The molecule has 1 aliphatic heterocycles. The molecule has 3 rings (SSSR count). The number of benzene rings is 1. The van der Waals surface area contributed by atoms with Crippen LogP contribution in [0, 0.1) is 6.92 Å². The molecule has 4 nitrogen and oxygen atoms in total. The van der Waals surface area contributed by atoms with E-state index in [1.807, 2.05) is 17.0 Å². The van der Waals surface area contributed by atoms with Gasteiger partial charge in [0, 0.05) is 32.2 Å². The Morgan fingerprint density at radius 2 is 1.82 bits per heavy atom. The summed E-state index contributed by atoms with van der Waals surface area (Å²) in [5, 5.41) is 10.0. The second-order valence-electron chi connectivity index (χ2n) is 6.64. The number of aryl methyl sites for hydroxylation is 1. The average Bonchev–Trinajstić information content (AvgIpc) is 2.96. The van der Waals surface area contributed by atoms with E-state index in [1.165, 1.54) is 5.56 Å². The molecule has 1 saturated heterocycles. The molecule has 2 atom stereocenters. The van der Waals surface area contributed by atoms with Crippen LogP contribution in [0.2, 0.25) is 0 Å². The second kappa shape index (κ2) is 6.80. The normalized spacial score (nSPS) is 26.4. The van der Waals surface area contributed by atoms with E-state index in [2.05, 4.69) is 24.0 Å². The third-order valence-electron chi connectivity index (χ3n) is 5.06. The van der Waals surface area contributed by atoms with Crippen LogP contribution in [-0.2, 0) is 11.2 Å². The van der Waals surface area contributed by atoms with Crippen LogP contribution in [-0.4, -0.2) is 59.1 Å². The minimum absolute atomic E-state index is 0.171. The lowest BCUT2D eigenvalue weighted by atomic mass is 10.1. The highest BCUT2D eigenvalue weighted by Crippen LogP contribution is 2.25. The number of aliphatic hydroxyl groups excluding tert-OH is 1. The molecule has 4 heteroatoms. The Hall–Kier alpha value is -1.39. The van der Waals surface area contributed by atoms with Crippen LogP contribution in [0.25, 0.3) is 0 Å². The van der Waals surface area contributed by atoms with Crippen molar-refractivity contribution in [3.8, 4) is 0 Å². The van der Waals surface area contributed by atoms with Crippen molar-refractivity contribution in [1.29, 1.82) is 0 Å². The molecule has 0 spiro atoms. The fraction of sp³-hybridized carbons (Fsp3) is 0.611. The predicted molar refractivity (Wildman–Crippen MR) is 86.7 cm³/mol. The zero-order chi connectivity index (χ0) is 15.5. The van der Waals surface area contributed by atoms with Gasteiger partial charge in [0.15, 0.2) is 0 Å². The van der Waals surface area contributed by atoms with E-state index in [0.29, 0.717) is 12.5 Å². The summed E-state index contributed by atoms with van der Waals surface area (Å²) in [5.74, 6) is 0.218. The Morgan fingerprint density at radius 1 is 1.14 bits per heavy atom. The molecule has 1 saturated carbocycles. The van der Waals surface area contributed by atoms with Gasteiger partial charge in [0.25, 0.3) is 0 Å². The van der Waals surface area contributed by atoms with E-state index in [1.54, 1.807) is 0 Å². The van der Waals surface area contributed by atoms with Crippen molar-refractivity contribution in [2.75, 3.05) is 26.2 Å². The van der Waals surface area contributed by atoms with Crippen LogP contribution < -0.4 is 0 Å². The van der Waals surface area contributed by atoms with Crippen LogP contribution in [0.1, 0.15) is 30.4 Å². The van der Waals surface area contributed by atoms with Crippen molar-refractivity contribution in [2.45, 2.75) is 44.8 Å². The third-order valence-corrected chi connectivity index (χ3v) is 5.06. The van der Waals surface area contributed by atoms with Crippen LogP contribution in [0.15, 0.2) is 24.3 Å². The summed E-state index contributed by atoms with van der Waals surface area (Å²) in [4.78, 5) is 16.7. The Balaban J connectivity index is 1.50. The molecule has 1 amide bonds. The zero-order valence-electron chi connectivity index (χ0n) is 13.4. The highest BCUT2D eigenvalue weighted by atomic mass is 16.3.